The first-order valence-electron chi connectivity index (χ1n) is 6.46. The maximum Gasteiger partial charge on any atom is 0.146 e. The highest BCUT2D eigenvalue weighted by Gasteiger charge is 2.24. The number of rotatable bonds is 6. The molecule has 1 N–H and O–H groups in total. The van der Waals surface area contributed by atoms with Gasteiger partial charge in [0.15, 0.2) is 0 Å². The Morgan fingerprint density at radius 2 is 2.22 bits per heavy atom. The Morgan fingerprint density at radius 1 is 1.33 bits per heavy atom. The van der Waals surface area contributed by atoms with Gasteiger partial charge in [0.1, 0.15) is 12.2 Å². The molecule has 6 heteroatoms. The van der Waals surface area contributed by atoms with Crippen LogP contribution in [0.25, 0.3) is 0 Å². The molecule has 0 saturated heterocycles. The molecule has 0 aliphatic heterocycles. The smallest absolute Gasteiger partial charge is 0.146 e. The monoisotopic (exact) mass is 246 g/mol. The van der Waals surface area contributed by atoms with E-state index in [1.165, 1.54) is 18.5 Å². The van der Waals surface area contributed by atoms with E-state index in [0.29, 0.717) is 6.04 Å². The molecular weight excluding hydrogens is 228 g/mol. The van der Waals surface area contributed by atoms with Crippen molar-refractivity contribution in [2.75, 3.05) is 0 Å². The Balaban J connectivity index is 1.56. The maximum absolute atomic E-state index is 4.22. The lowest BCUT2D eigenvalue weighted by Gasteiger charge is -2.08. The van der Waals surface area contributed by atoms with Gasteiger partial charge in [-0.05, 0) is 19.8 Å². The van der Waals surface area contributed by atoms with Crippen LogP contribution in [0.1, 0.15) is 37.3 Å². The number of hydrogen-bond acceptors (Lipinski definition) is 4. The van der Waals surface area contributed by atoms with E-state index in [1.54, 1.807) is 6.33 Å². The summed E-state index contributed by atoms with van der Waals surface area (Å²) in [4.78, 5) is 4.22. The second kappa shape index (κ2) is 4.89. The summed E-state index contributed by atoms with van der Waals surface area (Å²) in [5.74, 6) is 0.981. The van der Waals surface area contributed by atoms with Gasteiger partial charge in [-0.15, -0.1) is 10.2 Å². The average Bonchev–Trinajstić information content (AvgIpc) is 2.96. The van der Waals surface area contributed by atoms with Crippen LogP contribution >= 0.6 is 0 Å². The second-order valence-corrected chi connectivity index (χ2v) is 4.66. The van der Waals surface area contributed by atoms with Gasteiger partial charge in [-0.2, -0.15) is 0 Å². The largest absolute Gasteiger partial charge is 0.330 e. The number of hydrogen-bond donors (Lipinski definition) is 1. The molecule has 1 saturated carbocycles. The minimum Gasteiger partial charge on any atom is -0.330 e. The lowest BCUT2D eigenvalue weighted by atomic mass is 10.4. The number of aromatic nitrogens is 5. The molecule has 0 radical (unpaired) electrons. The highest BCUT2D eigenvalue weighted by molar-refractivity contribution is 5.03. The standard InChI is InChI=1S/C12H18N6/c1-2-17-9-15-16-12(17)7-13-5-11-6-14-8-18(11)10-3-4-10/h6,8-10,13H,2-5,7H2,1H3. The zero-order chi connectivity index (χ0) is 12.4. The minimum absolute atomic E-state index is 0.684. The summed E-state index contributed by atoms with van der Waals surface area (Å²) in [7, 11) is 0. The van der Waals surface area contributed by atoms with Crippen LogP contribution in [-0.2, 0) is 19.6 Å². The molecule has 1 fully saturated rings. The van der Waals surface area contributed by atoms with E-state index in [0.717, 1.165) is 25.5 Å². The van der Waals surface area contributed by atoms with Gasteiger partial charge >= 0.3 is 0 Å². The second-order valence-electron chi connectivity index (χ2n) is 4.66. The van der Waals surface area contributed by atoms with Gasteiger partial charge < -0.3 is 14.5 Å². The van der Waals surface area contributed by atoms with Gasteiger partial charge in [-0.25, -0.2) is 4.98 Å². The summed E-state index contributed by atoms with van der Waals surface area (Å²) in [6.45, 7) is 4.57. The van der Waals surface area contributed by atoms with Gasteiger partial charge in [-0.1, -0.05) is 0 Å². The van der Waals surface area contributed by atoms with Crippen molar-refractivity contribution in [1.82, 2.24) is 29.6 Å². The molecule has 1 aliphatic carbocycles. The normalized spacial score (nSPS) is 15.2. The fourth-order valence-corrected chi connectivity index (χ4v) is 2.13. The minimum atomic E-state index is 0.684. The Bertz CT molecular complexity index is 510. The van der Waals surface area contributed by atoms with Crippen molar-refractivity contribution in [3.8, 4) is 0 Å². The molecule has 0 spiro atoms. The van der Waals surface area contributed by atoms with Crippen molar-refractivity contribution in [1.29, 1.82) is 0 Å². The van der Waals surface area contributed by atoms with Crippen LogP contribution in [-0.4, -0.2) is 24.3 Å². The molecule has 0 unspecified atom stereocenters. The van der Waals surface area contributed by atoms with Crippen LogP contribution in [0, 0.1) is 0 Å². The van der Waals surface area contributed by atoms with E-state index in [-0.39, 0.29) is 0 Å². The van der Waals surface area contributed by atoms with Gasteiger partial charge in [0.05, 0.1) is 18.6 Å². The zero-order valence-corrected chi connectivity index (χ0v) is 10.6. The topological polar surface area (TPSA) is 60.6 Å². The molecule has 1 aliphatic rings. The Hall–Kier alpha value is -1.69. The van der Waals surface area contributed by atoms with Crippen LogP contribution in [0.15, 0.2) is 18.9 Å². The van der Waals surface area contributed by atoms with E-state index in [2.05, 4.69) is 32.0 Å². The molecule has 0 amide bonds. The molecule has 2 heterocycles. The van der Waals surface area contributed by atoms with Crippen LogP contribution in [0.3, 0.4) is 0 Å². The number of aryl methyl sites for hydroxylation is 1. The molecule has 0 bridgehead atoms. The summed E-state index contributed by atoms with van der Waals surface area (Å²) in [6.07, 6.45) is 8.21. The summed E-state index contributed by atoms with van der Waals surface area (Å²) in [6, 6.07) is 0.684. The Kier molecular flexibility index (Phi) is 3.10. The molecule has 2 aromatic rings. The maximum atomic E-state index is 4.22. The van der Waals surface area contributed by atoms with Gasteiger partial charge in [0.2, 0.25) is 0 Å². The van der Waals surface area contributed by atoms with Crippen molar-refractivity contribution >= 4 is 0 Å². The summed E-state index contributed by atoms with van der Waals surface area (Å²) in [5.41, 5.74) is 1.25. The predicted molar refractivity (Wildman–Crippen MR) is 66.7 cm³/mol. The molecule has 18 heavy (non-hydrogen) atoms. The fraction of sp³-hybridized carbons (Fsp3) is 0.583. The SMILES string of the molecule is CCn1cnnc1CNCc1cncn1C1CC1. The average molecular weight is 246 g/mol. The van der Waals surface area contributed by atoms with Crippen molar-refractivity contribution in [2.24, 2.45) is 0 Å². The van der Waals surface area contributed by atoms with E-state index in [1.807, 2.05) is 17.1 Å². The van der Waals surface area contributed by atoms with E-state index in [9.17, 15) is 0 Å². The Labute approximate surface area is 106 Å². The highest BCUT2D eigenvalue weighted by atomic mass is 15.3. The molecular formula is C12H18N6. The van der Waals surface area contributed by atoms with Gasteiger partial charge in [0, 0.05) is 25.3 Å². The van der Waals surface area contributed by atoms with Crippen molar-refractivity contribution in [3.63, 3.8) is 0 Å². The zero-order valence-electron chi connectivity index (χ0n) is 10.6. The number of imidazole rings is 1. The third-order valence-corrected chi connectivity index (χ3v) is 3.31. The van der Waals surface area contributed by atoms with Gasteiger partial charge in [-0.3, -0.25) is 0 Å². The van der Waals surface area contributed by atoms with Crippen LogP contribution in [0.2, 0.25) is 0 Å². The first-order valence-corrected chi connectivity index (χ1v) is 6.46. The molecule has 0 atom stereocenters. The highest BCUT2D eigenvalue weighted by Crippen LogP contribution is 2.35. The fourth-order valence-electron chi connectivity index (χ4n) is 2.13. The summed E-state index contributed by atoms with van der Waals surface area (Å²) in [5, 5.41) is 11.4. The molecule has 96 valence electrons. The van der Waals surface area contributed by atoms with E-state index >= 15 is 0 Å². The summed E-state index contributed by atoms with van der Waals surface area (Å²) < 4.78 is 4.32. The van der Waals surface area contributed by atoms with Crippen LogP contribution in [0.4, 0.5) is 0 Å². The lowest BCUT2D eigenvalue weighted by Crippen LogP contribution is -2.18. The Morgan fingerprint density at radius 3 is 3.00 bits per heavy atom. The summed E-state index contributed by atoms with van der Waals surface area (Å²) >= 11 is 0. The quantitative estimate of drug-likeness (QED) is 0.829. The molecule has 0 aromatic carbocycles. The first-order chi connectivity index (χ1) is 8.88. The molecule has 6 nitrogen and oxygen atoms in total. The van der Waals surface area contributed by atoms with Crippen molar-refractivity contribution in [2.45, 2.75) is 45.4 Å². The van der Waals surface area contributed by atoms with Crippen LogP contribution in [0.5, 0.6) is 0 Å². The van der Waals surface area contributed by atoms with Crippen molar-refractivity contribution in [3.05, 3.63) is 30.4 Å². The van der Waals surface area contributed by atoms with Crippen molar-refractivity contribution < 1.29 is 0 Å². The third kappa shape index (κ3) is 2.28. The van der Waals surface area contributed by atoms with Crippen LogP contribution < -0.4 is 5.32 Å². The lowest BCUT2D eigenvalue weighted by molar-refractivity contribution is 0.583. The first kappa shape index (κ1) is 11.4. The number of nitrogens with zero attached hydrogens (tertiary/aromatic N) is 5. The van der Waals surface area contributed by atoms with Gasteiger partial charge in [0.25, 0.3) is 0 Å². The predicted octanol–water partition coefficient (Wildman–Crippen LogP) is 1.12. The molecule has 2 aromatic heterocycles. The molecule has 3 rings (SSSR count). The number of nitrogens with one attached hydrogen (secondary N) is 1. The third-order valence-electron chi connectivity index (χ3n) is 3.31. The van der Waals surface area contributed by atoms with E-state index < -0.39 is 0 Å². The van der Waals surface area contributed by atoms with E-state index in [4.69, 9.17) is 0 Å².